The van der Waals surface area contributed by atoms with Gasteiger partial charge in [-0.25, -0.2) is 0 Å². The Labute approximate surface area is 131 Å². The highest BCUT2D eigenvalue weighted by atomic mass is 127. The summed E-state index contributed by atoms with van der Waals surface area (Å²) < 4.78 is 38.9. The van der Waals surface area contributed by atoms with Crippen molar-refractivity contribution in [3.8, 4) is 11.1 Å². The minimum atomic E-state index is -4.37. The highest BCUT2D eigenvalue weighted by Gasteiger charge is 2.31. The monoisotopic (exact) mass is 416 g/mol. The summed E-state index contributed by atoms with van der Waals surface area (Å²) in [7, 11) is 0. The van der Waals surface area contributed by atoms with E-state index < -0.39 is 11.7 Å². The van der Waals surface area contributed by atoms with Crippen molar-refractivity contribution in [3.05, 3.63) is 55.6 Å². The van der Waals surface area contributed by atoms with Crippen LogP contribution in [-0.4, -0.2) is 0 Å². The van der Waals surface area contributed by atoms with Crippen molar-refractivity contribution in [2.45, 2.75) is 6.18 Å². The molecular formula is C13H6Cl2F3I. The first-order valence-corrected chi connectivity index (χ1v) is 6.94. The molecule has 0 aliphatic rings. The molecule has 0 aliphatic heterocycles. The van der Waals surface area contributed by atoms with E-state index in [1.807, 2.05) is 22.6 Å². The molecule has 0 amide bonds. The van der Waals surface area contributed by atoms with E-state index in [-0.39, 0.29) is 0 Å². The van der Waals surface area contributed by atoms with Gasteiger partial charge in [-0.3, -0.25) is 0 Å². The van der Waals surface area contributed by atoms with Gasteiger partial charge in [-0.15, -0.1) is 0 Å². The summed E-state index contributed by atoms with van der Waals surface area (Å²) in [5, 5.41) is 0.770. The third kappa shape index (κ3) is 3.55. The third-order valence-corrected chi connectivity index (χ3v) is 3.84. The van der Waals surface area contributed by atoms with Crippen molar-refractivity contribution in [1.29, 1.82) is 0 Å². The molecule has 0 radical (unpaired) electrons. The molecule has 0 spiro atoms. The van der Waals surface area contributed by atoms with Gasteiger partial charge in [-0.1, -0.05) is 23.2 Å². The number of hydrogen-bond donors (Lipinski definition) is 0. The summed E-state index contributed by atoms with van der Waals surface area (Å²) in [6.45, 7) is 0. The molecule has 0 saturated heterocycles. The van der Waals surface area contributed by atoms with Crippen LogP contribution in [0.15, 0.2) is 36.4 Å². The molecule has 6 heteroatoms. The summed E-state index contributed by atoms with van der Waals surface area (Å²) in [4.78, 5) is 0. The maximum atomic E-state index is 12.7. The molecule has 0 saturated carbocycles. The summed E-state index contributed by atoms with van der Waals surface area (Å²) in [5.74, 6) is 0. The van der Waals surface area contributed by atoms with Gasteiger partial charge >= 0.3 is 6.18 Å². The number of alkyl halides is 3. The average molecular weight is 417 g/mol. The lowest BCUT2D eigenvalue weighted by atomic mass is 10.0. The van der Waals surface area contributed by atoms with Gasteiger partial charge in [0.1, 0.15) is 0 Å². The van der Waals surface area contributed by atoms with E-state index in [9.17, 15) is 13.2 Å². The predicted molar refractivity (Wildman–Crippen MR) is 79.6 cm³/mol. The van der Waals surface area contributed by atoms with E-state index in [0.717, 1.165) is 12.1 Å². The van der Waals surface area contributed by atoms with Crippen molar-refractivity contribution in [1.82, 2.24) is 0 Å². The van der Waals surface area contributed by atoms with E-state index in [2.05, 4.69) is 0 Å². The van der Waals surface area contributed by atoms with Crippen LogP contribution < -0.4 is 0 Å². The Bertz CT molecular complexity index is 604. The van der Waals surface area contributed by atoms with Crippen LogP contribution in [0.1, 0.15) is 5.56 Å². The van der Waals surface area contributed by atoms with Gasteiger partial charge in [-0.05, 0) is 70.1 Å². The van der Waals surface area contributed by atoms with Crippen LogP contribution in [0.25, 0.3) is 11.1 Å². The fourth-order valence-electron chi connectivity index (χ4n) is 1.63. The number of benzene rings is 2. The first-order valence-electron chi connectivity index (χ1n) is 5.10. The van der Waals surface area contributed by atoms with Gasteiger partial charge in [0.25, 0.3) is 0 Å². The van der Waals surface area contributed by atoms with E-state index in [4.69, 9.17) is 23.2 Å². The maximum absolute atomic E-state index is 12.7. The summed E-state index contributed by atoms with van der Waals surface area (Å²) >= 11 is 13.7. The molecule has 0 N–H and O–H groups in total. The largest absolute Gasteiger partial charge is 0.416 e. The fourth-order valence-corrected chi connectivity index (χ4v) is 2.81. The van der Waals surface area contributed by atoms with Crippen LogP contribution in [0.3, 0.4) is 0 Å². The number of halogens is 6. The second-order valence-electron chi connectivity index (χ2n) is 3.85. The van der Waals surface area contributed by atoms with Crippen molar-refractivity contribution < 1.29 is 13.2 Å². The molecule has 0 bridgehead atoms. The van der Waals surface area contributed by atoms with E-state index in [1.165, 1.54) is 12.1 Å². The molecule has 0 unspecified atom stereocenters. The lowest BCUT2D eigenvalue weighted by Gasteiger charge is -2.11. The Balaban J connectivity index is 2.61. The first-order chi connectivity index (χ1) is 8.77. The summed E-state index contributed by atoms with van der Waals surface area (Å²) in [5.41, 5.74) is 0.326. The van der Waals surface area contributed by atoms with Crippen LogP contribution in [0.2, 0.25) is 10.0 Å². The van der Waals surface area contributed by atoms with Crippen molar-refractivity contribution in [2.75, 3.05) is 0 Å². The third-order valence-electron chi connectivity index (χ3n) is 2.47. The van der Waals surface area contributed by atoms with Gasteiger partial charge in [0.05, 0.1) is 5.56 Å². The molecule has 100 valence electrons. The summed E-state index contributed by atoms with van der Waals surface area (Å²) in [6.07, 6.45) is -4.37. The molecular weight excluding hydrogens is 411 g/mol. The van der Waals surface area contributed by atoms with Gasteiger partial charge in [0.15, 0.2) is 0 Å². The zero-order valence-electron chi connectivity index (χ0n) is 9.23. The number of rotatable bonds is 1. The Morgan fingerprint density at radius 3 is 2.00 bits per heavy atom. The molecule has 0 fully saturated rings. The van der Waals surface area contributed by atoms with Crippen LogP contribution in [0.4, 0.5) is 13.2 Å². The zero-order chi connectivity index (χ0) is 14.2. The van der Waals surface area contributed by atoms with Gasteiger partial charge in [0, 0.05) is 13.6 Å². The Kier molecular flexibility index (Phi) is 4.32. The van der Waals surface area contributed by atoms with Gasteiger partial charge in [0.2, 0.25) is 0 Å². The SMILES string of the molecule is FC(F)(F)c1ccc(I)c(-c2cc(Cl)cc(Cl)c2)c1. The predicted octanol–water partition coefficient (Wildman–Crippen LogP) is 6.28. The van der Waals surface area contributed by atoms with Crippen molar-refractivity contribution >= 4 is 45.8 Å². The Morgan fingerprint density at radius 1 is 0.895 bits per heavy atom. The Hall–Kier alpha value is -0.460. The second-order valence-corrected chi connectivity index (χ2v) is 5.89. The molecule has 0 atom stereocenters. The topological polar surface area (TPSA) is 0 Å². The number of hydrogen-bond acceptors (Lipinski definition) is 0. The highest BCUT2D eigenvalue weighted by Crippen LogP contribution is 2.36. The standard InChI is InChI=1S/C13H6Cl2F3I/c14-9-3-7(4-10(15)6-9)11-5-8(13(16,17)18)1-2-12(11)19/h1-6H. The van der Waals surface area contributed by atoms with Crippen LogP contribution in [-0.2, 0) is 6.18 Å². The highest BCUT2D eigenvalue weighted by molar-refractivity contribution is 14.1. The smallest absolute Gasteiger partial charge is 0.166 e. The maximum Gasteiger partial charge on any atom is 0.416 e. The van der Waals surface area contributed by atoms with Crippen LogP contribution in [0, 0.1) is 3.57 Å². The second kappa shape index (κ2) is 5.50. The molecule has 0 aromatic heterocycles. The molecule has 0 aliphatic carbocycles. The van der Waals surface area contributed by atoms with E-state index in [1.54, 1.807) is 12.1 Å². The quantitative estimate of drug-likeness (QED) is 0.479. The lowest BCUT2D eigenvalue weighted by molar-refractivity contribution is -0.137. The minimum absolute atomic E-state index is 0.385. The van der Waals surface area contributed by atoms with Gasteiger partial charge < -0.3 is 0 Å². The van der Waals surface area contributed by atoms with E-state index in [0.29, 0.717) is 24.7 Å². The van der Waals surface area contributed by atoms with Crippen molar-refractivity contribution in [3.63, 3.8) is 0 Å². The molecule has 0 heterocycles. The molecule has 2 aromatic rings. The van der Waals surface area contributed by atoms with Crippen LogP contribution >= 0.6 is 45.8 Å². The fraction of sp³-hybridized carbons (Fsp3) is 0.0769. The first kappa shape index (κ1) is 14.9. The molecule has 19 heavy (non-hydrogen) atoms. The molecule has 2 aromatic carbocycles. The van der Waals surface area contributed by atoms with Crippen molar-refractivity contribution in [2.24, 2.45) is 0 Å². The summed E-state index contributed by atoms with van der Waals surface area (Å²) in [6, 6.07) is 8.29. The van der Waals surface area contributed by atoms with Gasteiger partial charge in [-0.2, -0.15) is 13.2 Å². The lowest BCUT2D eigenvalue weighted by Crippen LogP contribution is -2.05. The van der Waals surface area contributed by atoms with Crippen LogP contribution in [0.5, 0.6) is 0 Å². The minimum Gasteiger partial charge on any atom is -0.166 e. The molecule has 0 nitrogen and oxygen atoms in total. The Morgan fingerprint density at radius 2 is 1.47 bits per heavy atom. The molecule has 2 rings (SSSR count). The normalized spacial score (nSPS) is 11.7. The zero-order valence-corrected chi connectivity index (χ0v) is 12.9. The van der Waals surface area contributed by atoms with E-state index >= 15 is 0 Å². The average Bonchev–Trinajstić information content (AvgIpc) is 2.26.